The molecule has 0 aliphatic heterocycles. The molecule has 5 nitrogen and oxygen atoms in total. The van der Waals surface area contributed by atoms with Crippen LogP contribution in [0, 0.1) is 6.92 Å². The van der Waals surface area contributed by atoms with Crippen LogP contribution in [0.5, 0.6) is 0 Å². The highest BCUT2D eigenvalue weighted by atomic mass is 79.9. The predicted molar refractivity (Wildman–Crippen MR) is 113 cm³/mol. The van der Waals surface area contributed by atoms with Crippen molar-refractivity contribution >= 4 is 49.1 Å². The van der Waals surface area contributed by atoms with Crippen LogP contribution in [0.3, 0.4) is 0 Å². The first-order valence-corrected chi connectivity index (χ1v) is 10.2. The Kier molecular flexibility index (Phi) is 4.80. The van der Waals surface area contributed by atoms with Crippen molar-refractivity contribution in [1.82, 2.24) is 14.8 Å². The van der Waals surface area contributed by atoms with Crippen molar-refractivity contribution in [3.8, 4) is 10.6 Å². The van der Waals surface area contributed by atoms with Gasteiger partial charge in [-0.15, -0.1) is 11.3 Å². The molecule has 4 rings (SSSR count). The van der Waals surface area contributed by atoms with Crippen molar-refractivity contribution in [3.63, 3.8) is 0 Å². The number of aryl methyl sites for hydroxylation is 2. The number of halogens is 1. The van der Waals surface area contributed by atoms with E-state index >= 15 is 0 Å². The molecule has 0 fully saturated rings. The summed E-state index contributed by atoms with van der Waals surface area (Å²) in [5, 5.41) is 8.08. The Bertz CT molecular complexity index is 1130. The van der Waals surface area contributed by atoms with Crippen LogP contribution in [0.2, 0.25) is 0 Å². The lowest BCUT2D eigenvalue weighted by Crippen LogP contribution is -2.17. The fourth-order valence-corrected chi connectivity index (χ4v) is 4.42. The zero-order valence-corrected chi connectivity index (χ0v) is 17.3. The molecule has 136 valence electrons. The smallest absolute Gasteiger partial charge is 0.275 e. The Labute approximate surface area is 169 Å². The van der Waals surface area contributed by atoms with Crippen LogP contribution in [-0.4, -0.2) is 20.7 Å². The number of benzene rings is 2. The van der Waals surface area contributed by atoms with Gasteiger partial charge < -0.3 is 5.32 Å². The summed E-state index contributed by atoms with van der Waals surface area (Å²) in [6.45, 7) is 4.66. The molecule has 2 heterocycles. The van der Waals surface area contributed by atoms with E-state index in [9.17, 15) is 4.79 Å². The van der Waals surface area contributed by atoms with Gasteiger partial charge in [-0.25, -0.2) is 4.98 Å². The maximum Gasteiger partial charge on any atom is 0.275 e. The maximum atomic E-state index is 12.6. The molecule has 0 radical (unpaired) electrons. The standard InChI is InChI=1S/C20H17BrN4OS/c1-3-25-18(15(21)11-22-25)19(26)23-14-7-5-13(6-8-14)20-24-16-9-4-12(2)10-17(16)27-20/h4-11H,3H2,1-2H3,(H,23,26). The number of rotatable bonds is 4. The number of carbonyl (C=O) groups excluding carboxylic acids is 1. The average Bonchev–Trinajstić information content (AvgIpc) is 3.25. The summed E-state index contributed by atoms with van der Waals surface area (Å²) < 4.78 is 3.53. The quantitative estimate of drug-likeness (QED) is 0.455. The number of nitrogens with zero attached hydrogens (tertiary/aromatic N) is 3. The van der Waals surface area contributed by atoms with Gasteiger partial charge in [-0.2, -0.15) is 5.10 Å². The van der Waals surface area contributed by atoms with E-state index in [4.69, 9.17) is 4.98 Å². The van der Waals surface area contributed by atoms with E-state index in [1.54, 1.807) is 22.2 Å². The van der Waals surface area contributed by atoms with Crippen LogP contribution < -0.4 is 5.32 Å². The predicted octanol–water partition coefficient (Wildman–Crippen LogP) is 5.50. The van der Waals surface area contributed by atoms with Crippen LogP contribution in [0.15, 0.2) is 53.1 Å². The molecule has 0 saturated heterocycles. The monoisotopic (exact) mass is 440 g/mol. The van der Waals surface area contributed by atoms with Crippen LogP contribution in [-0.2, 0) is 6.54 Å². The van der Waals surface area contributed by atoms with E-state index < -0.39 is 0 Å². The first-order chi connectivity index (χ1) is 13.0. The molecule has 7 heteroatoms. The minimum atomic E-state index is -0.190. The van der Waals surface area contributed by atoms with Gasteiger partial charge >= 0.3 is 0 Å². The SMILES string of the molecule is CCn1ncc(Br)c1C(=O)Nc1ccc(-c2nc3ccc(C)cc3s2)cc1. The van der Waals surface area contributed by atoms with E-state index in [0.717, 1.165) is 21.8 Å². The minimum absolute atomic E-state index is 0.190. The molecule has 0 saturated carbocycles. The van der Waals surface area contributed by atoms with Crippen molar-refractivity contribution < 1.29 is 4.79 Å². The molecule has 27 heavy (non-hydrogen) atoms. The van der Waals surface area contributed by atoms with Gasteiger partial charge in [0.15, 0.2) is 0 Å². The first-order valence-electron chi connectivity index (χ1n) is 8.55. The van der Waals surface area contributed by atoms with Crippen LogP contribution in [0.1, 0.15) is 23.0 Å². The van der Waals surface area contributed by atoms with Crippen molar-refractivity contribution in [2.45, 2.75) is 20.4 Å². The summed E-state index contributed by atoms with van der Waals surface area (Å²) in [5.41, 5.74) is 4.52. The van der Waals surface area contributed by atoms with Gasteiger partial charge in [0.05, 0.1) is 20.9 Å². The van der Waals surface area contributed by atoms with Crippen molar-refractivity contribution in [2.75, 3.05) is 5.32 Å². The topological polar surface area (TPSA) is 59.8 Å². The molecule has 0 bridgehead atoms. The van der Waals surface area contributed by atoms with E-state index in [1.807, 2.05) is 37.3 Å². The third kappa shape index (κ3) is 3.52. The molecule has 4 aromatic rings. The Hall–Kier alpha value is -2.51. The fourth-order valence-electron chi connectivity index (χ4n) is 2.87. The number of hydrogen-bond donors (Lipinski definition) is 1. The Morgan fingerprint density at radius 2 is 2.00 bits per heavy atom. The van der Waals surface area contributed by atoms with Crippen LogP contribution >= 0.6 is 27.3 Å². The second kappa shape index (κ2) is 7.25. The molecule has 1 amide bonds. The lowest BCUT2D eigenvalue weighted by atomic mass is 10.2. The lowest BCUT2D eigenvalue weighted by Gasteiger charge is -2.08. The van der Waals surface area contributed by atoms with Crippen molar-refractivity contribution in [3.05, 3.63) is 64.4 Å². The molecule has 0 unspecified atom stereocenters. The van der Waals surface area contributed by atoms with Crippen LogP contribution in [0.25, 0.3) is 20.8 Å². The highest BCUT2D eigenvalue weighted by Gasteiger charge is 2.16. The highest BCUT2D eigenvalue weighted by molar-refractivity contribution is 9.10. The Morgan fingerprint density at radius 3 is 2.74 bits per heavy atom. The third-order valence-electron chi connectivity index (χ3n) is 4.24. The van der Waals surface area contributed by atoms with Gasteiger partial charge in [0.1, 0.15) is 10.7 Å². The zero-order valence-electron chi connectivity index (χ0n) is 14.9. The lowest BCUT2D eigenvalue weighted by molar-refractivity contribution is 0.101. The normalized spacial score (nSPS) is 11.1. The van der Waals surface area contributed by atoms with Gasteiger partial charge in [-0.1, -0.05) is 6.07 Å². The highest BCUT2D eigenvalue weighted by Crippen LogP contribution is 2.31. The summed E-state index contributed by atoms with van der Waals surface area (Å²) in [7, 11) is 0. The summed E-state index contributed by atoms with van der Waals surface area (Å²) >= 11 is 5.06. The van der Waals surface area contributed by atoms with E-state index in [2.05, 4.69) is 45.4 Å². The first kappa shape index (κ1) is 17.9. The summed E-state index contributed by atoms with van der Waals surface area (Å²) in [6.07, 6.45) is 1.64. The molecule has 0 aliphatic carbocycles. The number of anilines is 1. The van der Waals surface area contributed by atoms with Crippen LogP contribution in [0.4, 0.5) is 5.69 Å². The van der Waals surface area contributed by atoms with Crippen molar-refractivity contribution in [2.24, 2.45) is 0 Å². The van der Waals surface area contributed by atoms with E-state index in [-0.39, 0.29) is 5.91 Å². The molecular weight excluding hydrogens is 424 g/mol. The largest absolute Gasteiger partial charge is 0.321 e. The number of amides is 1. The van der Waals surface area contributed by atoms with Gasteiger partial charge in [0.2, 0.25) is 0 Å². The van der Waals surface area contributed by atoms with E-state index in [1.165, 1.54) is 10.3 Å². The Balaban J connectivity index is 1.56. The minimum Gasteiger partial charge on any atom is -0.321 e. The van der Waals surface area contributed by atoms with Gasteiger partial charge in [0.25, 0.3) is 5.91 Å². The summed E-state index contributed by atoms with van der Waals surface area (Å²) in [4.78, 5) is 17.3. The molecule has 2 aromatic carbocycles. The fraction of sp³-hybridized carbons (Fsp3) is 0.150. The molecule has 2 aromatic heterocycles. The van der Waals surface area contributed by atoms with Gasteiger partial charge in [-0.05, 0) is 71.7 Å². The molecule has 1 N–H and O–H groups in total. The Morgan fingerprint density at radius 1 is 1.22 bits per heavy atom. The second-order valence-electron chi connectivity index (χ2n) is 6.18. The molecular formula is C20H17BrN4OS. The maximum absolute atomic E-state index is 12.6. The molecule has 0 aliphatic rings. The van der Waals surface area contributed by atoms with Crippen molar-refractivity contribution in [1.29, 1.82) is 0 Å². The zero-order chi connectivity index (χ0) is 19.0. The number of carbonyl (C=O) groups is 1. The van der Waals surface area contributed by atoms with Gasteiger partial charge in [0, 0.05) is 17.8 Å². The second-order valence-corrected chi connectivity index (χ2v) is 8.06. The number of hydrogen-bond acceptors (Lipinski definition) is 4. The number of thiazole rings is 1. The average molecular weight is 441 g/mol. The number of nitrogens with one attached hydrogen (secondary N) is 1. The summed E-state index contributed by atoms with van der Waals surface area (Å²) in [6, 6.07) is 14.0. The van der Waals surface area contributed by atoms with Gasteiger partial charge in [-0.3, -0.25) is 9.48 Å². The third-order valence-corrected chi connectivity index (χ3v) is 5.89. The molecule has 0 atom stereocenters. The van der Waals surface area contributed by atoms with E-state index in [0.29, 0.717) is 16.7 Å². The number of aromatic nitrogens is 3. The number of fused-ring (bicyclic) bond motifs is 1. The summed E-state index contributed by atoms with van der Waals surface area (Å²) in [5.74, 6) is -0.190. The molecule has 0 spiro atoms.